The van der Waals surface area contributed by atoms with E-state index >= 15 is 0 Å². The van der Waals surface area contributed by atoms with Crippen LogP contribution in [0.1, 0.15) is 30.2 Å². The highest BCUT2D eigenvalue weighted by Gasteiger charge is 2.20. The fourth-order valence-electron chi connectivity index (χ4n) is 1.92. The van der Waals surface area contributed by atoms with Gasteiger partial charge in [0.2, 0.25) is 0 Å². The predicted octanol–water partition coefficient (Wildman–Crippen LogP) is 2.90. The van der Waals surface area contributed by atoms with Crippen LogP contribution in [0.25, 0.3) is 0 Å². The van der Waals surface area contributed by atoms with Crippen molar-refractivity contribution in [3.63, 3.8) is 0 Å². The van der Waals surface area contributed by atoms with E-state index in [1.165, 1.54) is 30.7 Å². The Morgan fingerprint density at radius 2 is 2.42 bits per heavy atom. The van der Waals surface area contributed by atoms with Crippen LogP contribution in [-0.2, 0) is 0 Å². The minimum Gasteiger partial charge on any atom is -0.299 e. The number of piperidine rings is 1. The first kappa shape index (κ1) is 8.27. The third-order valence-corrected chi connectivity index (χ3v) is 3.62. The molecule has 1 aromatic heterocycles. The molecule has 12 heavy (non-hydrogen) atoms. The molecule has 1 aliphatic rings. The van der Waals surface area contributed by atoms with Crippen molar-refractivity contribution in [2.45, 2.75) is 25.3 Å². The van der Waals surface area contributed by atoms with Gasteiger partial charge in [0.1, 0.15) is 0 Å². The summed E-state index contributed by atoms with van der Waals surface area (Å²) in [5.41, 5.74) is 0. The highest BCUT2D eigenvalue weighted by molar-refractivity contribution is 7.10. The Morgan fingerprint density at radius 3 is 3.08 bits per heavy atom. The molecule has 0 spiro atoms. The van der Waals surface area contributed by atoms with Crippen molar-refractivity contribution < 1.29 is 0 Å². The Morgan fingerprint density at radius 1 is 1.50 bits per heavy atom. The fraction of sp³-hybridized carbons (Fsp3) is 0.600. The molecule has 1 saturated heterocycles. The lowest BCUT2D eigenvalue weighted by Crippen LogP contribution is -2.28. The van der Waals surface area contributed by atoms with Crippen LogP contribution in [0.3, 0.4) is 0 Å². The van der Waals surface area contributed by atoms with E-state index in [1.54, 1.807) is 0 Å². The topological polar surface area (TPSA) is 3.24 Å². The molecule has 0 radical (unpaired) electrons. The zero-order valence-corrected chi connectivity index (χ0v) is 8.31. The second kappa shape index (κ2) is 3.58. The van der Waals surface area contributed by atoms with Crippen molar-refractivity contribution in [2.24, 2.45) is 0 Å². The average Bonchev–Trinajstić information content (AvgIpc) is 2.57. The lowest BCUT2D eigenvalue weighted by atomic mass is 10.0. The molecule has 0 bridgehead atoms. The minimum atomic E-state index is 0.707. The van der Waals surface area contributed by atoms with E-state index in [9.17, 15) is 0 Å². The Bertz CT molecular complexity index is 230. The van der Waals surface area contributed by atoms with E-state index < -0.39 is 0 Å². The maximum Gasteiger partial charge on any atom is 0.0438 e. The molecule has 0 N–H and O–H groups in total. The Labute approximate surface area is 78.0 Å². The number of rotatable bonds is 1. The van der Waals surface area contributed by atoms with Gasteiger partial charge >= 0.3 is 0 Å². The second-order valence-electron chi connectivity index (χ2n) is 3.51. The van der Waals surface area contributed by atoms with Gasteiger partial charge in [-0.1, -0.05) is 12.5 Å². The summed E-state index contributed by atoms with van der Waals surface area (Å²) in [5.74, 6) is 0. The van der Waals surface area contributed by atoms with Crippen LogP contribution in [0.4, 0.5) is 0 Å². The molecule has 2 rings (SSSR count). The first-order chi connectivity index (χ1) is 5.88. The average molecular weight is 181 g/mol. The van der Waals surface area contributed by atoms with Gasteiger partial charge in [0.15, 0.2) is 0 Å². The van der Waals surface area contributed by atoms with Gasteiger partial charge in [-0.3, -0.25) is 4.90 Å². The van der Waals surface area contributed by atoms with Gasteiger partial charge in [-0.15, -0.1) is 11.3 Å². The Hall–Kier alpha value is -0.340. The molecule has 0 unspecified atom stereocenters. The molecule has 1 aromatic rings. The van der Waals surface area contributed by atoms with Crippen molar-refractivity contribution in [2.75, 3.05) is 13.6 Å². The standard InChI is InChI=1S/C10H15NS/c1-11-7-3-2-5-9(11)10-6-4-8-12-10/h4,6,8-9H,2-3,5,7H2,1H3/t9-/m1/s1. The van der Waals surface area contributed by atoms with Crippen LogP contribution in [-0.4, -0.2) is 18.5 Å². The quantitative estimate of drug-likeness (QED) is 0.644. The molecule has 1 aliphatic heterocycles. The second-order valence-corrected chi connectivity index (χ2v) is 4.49. The highest BCUT2D eigenvalue weighted by atomic mass is 32.1. The monoisotopic (exact) mass is 181 g/mol. The Kier molecular flexibility index (Phi) is 2.47. The van der Waals surface area contributed by atoms with E-state index in [-0.39, 0.29) is 0 Å². The fourth-order valence-corrected chi connectivity index (χ4v) is 2.84. The number of likely N-dealkylation sites (tertiary alicyclic amines) is 1. The van der Waals surface area contributed by atoms with Gasteiger partial charge < -0.3 is 0 Å². The molecular weight excluding hydrogens is 166 g/mol. The molecule has 1 nitrogen and oxygen atoms in total. The summed E-state index contributed by atoms with van der Waals surface area (Å²) in [7, 11) is 2.24. The van der Waals surface area contributed by atoms with Crippen LogP contribution < -0.4 is 0 Å². The highest BCUT2D eigenvalue weighted by Crippen LogP contribution is 2.31. The third-order valence-electron chi connectivity index (χ3n) is 2.64. The summed E-state index contributed by atoms with van der Waals surface area (Å²) < 4.78 is 0. The molecular formula is C10H15NS. The molecule has 1 atom stereocenters. The van der Waals surface area contributed by atoms with Crippen molar-refractivity contribution in [3.05, 3.63) is 22.4 Å². The molecule has 66 valence electrons. The molecule has 2 heterocycles. The van der Waals surface area contributed by atoms with Gasteiger partial charge in [-0.25, -0.2) is 0 Å². The SMILES string of the molecule is CN1CCCC[C@@H]1c1cccs1. The number of thiophene rings is 1. The van der Waals surface area contributed by atoms with Gasteiger partial charge in [-0.2, -0.15) is 0 Å². The Balaban J connectivity index is 2.11. The lowest BCUT2D eigenvalue weighted by Gasteiger charge is -2.31. The number of hydrogen-bond donors (Lipinski definition) is 0. The van der Waals surface area contributed by atoms with Crippen LogP contribution in [0.2, 0.25) is 0 Å². The first-order valence-electron chi connectivity index (χ1n) is 4.61. The molecule has 0 amide bonds. The third kappa shape index (κ3) is 1.54. The largest absolute Gasteiger partial charge is 0.299 e. The molecule has 0 aliphatic carbocycles. The van der Waals surface area contributed by atoms with Crippen LogP contribution in [0.15, 0.2) is 17.5 Å². The van der Waals surface area contributed by atoms with E-state index in [0.717, 1.165) is 0 Å². The maximum absolute atomic E-state index is 2.48. The van der Waals surface area contributed by atoms with Crippen LogP contribution in [0.5, 0.6) is 0 Å². The maximum atomic E-state index is 2.48. The van der Waals surface area contributed by atoms with Crippen molar-refractivity contribution in [1.29, 1.82) is 0 Å². The van der Waals surface area contributed by atoms with Crippen LogP contribution in [0, 0.1) is 0 Å². The van der Waals surface area contributed by atoms with Gasteiger partial charge in [-0.05, 0) is 37.9 Å². The normalized spacial score (nSPS) is 25.9. The summed E-state index contributed by atoms with van der Waals surface area (Å²) >= 11 is 1.89. The van der Waals surface area contributed by atoms with Gasteiger partial charge in [0.25, 0.3) is 0 Å². The van der Waals surface area contributed by atoms with E-state index in [2.05, 4.69) is 29.5 Å². The zero-order valence-electron chi connectivity index (χ0n) is 7.49. The van der Waals surface area contributed by atoms with Crippen molar-refractivity contribution in [3.8, 4) is 0 Å². The summed E-state index contributed by atoms with van der Waals surface area (Å²) in [6, 6.07) is 5.12. The summed E-state index contributed by atoms with van der Waals surface area (Å²) in [5, 5.41) is 2.18. The number of nitrogens with zero attached hydrogens (tertiary/aromatic N) is 1. The molecule has 0 saturated carbocycles. The van der Waals surface area contributed by atoms with Gasteiger partial charge in [0, 0.05) is 10.9 Å². The predicted molar refractivity (Wildman–Crippen MR) is 53.5 cm³/mol. The smallest absolute Gasteiger partial charge is 0.0438 e. The summed E-state index contributed by atoms with van der Waals surface area (Å²) in [6.07, 6.45) is 4.11. The molecule has 1 fully saturated rings. The summed E-state index contributed by atoms with van der Waals surface area (Å²) in [6.45, 7) is 1.27. The van der Waals surface area contributed by atoms with Crippen molar-refractivity contribution in [1.82, 2.24) is 4.90 Å². The molecule has 2 heteroatoms. The minimum absolute atomic E-state index is 0.707. The summed E-state index contributed by atoms with van der Waals surface area (Å²) in [4.78, 5) is 4.02. The lowest BCUT2D eigenvalue weighted by molar-refractivity contribution is 0.190. The van der Waals surface area contributed by atoms with E-state index in [4.69, 9.17) is 0 Å². The van der Waals surface area contributed by atoms with E-state index in [1.807, 2.05) is 11.3 Å². The van der Waals surface area contributed by atoms with Gasteiger partial charge in [0.05, 0.1) is 0 Å². The zero-order chi connectivity index (χ0) is 8.39. The molecule has 0 aromatic carbocycles. The number of hydrogen-bond acceptors (Lipinski definition) is 2. The first-order valence-corrected chi connectivity index (χ1v) is 5.49. The van der Waals surface area contributed by atoms with E-state index in [0.29, 0.717) is 6.04 Å². The van der Waals surface area contributed by atoms with Crippen LogP contribution >= 0.6 is 11.3 Å². The van der Waals surface area contributed by atoms with Crippen molar-refractivity contribution >= 4 is 11.3 Å².